The van der Waals surface area contributed by atoms with Gasteiger partial charge in [-0.25, -0.2) is 9.07 Å². The van der Waals surface area contributed by atoms with Crippen molar-refractivity contribution in [2.45, 2.75) is 10.6 Å². The summed E-state index contributed by atoms with van der Waals surface area (Å²) in [6.07, 6.45) is 3.80. The van der Waals surface area contributed by atoms with Crippen LogP contribution in [0.1, 0.15) is 5.56 Å². The van der Waals surface area contributed by atoms with Crippen molar-refractivity contribution >= 4 is 17.4 Å². The molecule has 1 aromatic heterocycles. The fraction of sp³-hybridized carbons (Fsp3) is 0.0625. The SMILES string of the molecule is Nc1cc(F)cc(SCc2cnn(-c3ccccc3)c2)c1. The molecule has 3 aromatic rings. The molecule has 0 amide bonds. The molecule has 2 aromatic carbocycles. The van der Waals surface area contributed by atoms with Crippen molar-refractivity contribution in [2.75, 3.05) is 5.73 Å². The molecule has 0 aliphatic carbocycles. The Bertz CT molecular complexity index is 720. The van der Waals surface area contributed by atoms with Crippen LogP contribution in [0.15, 0.2) is 65.8 Å². The Balaban J connectivity index is 1.70. The van der Waals surface area contributed by atoms with Crippen molar-refractivity contribution in [3.8, 4) is 5.69 Å². The molecule has 106 valence electrons. The van der Waals surface area contributed by atoms with Gasteiger partial charge in [-0.05, 0) is 30.3 Å². The number of para-hydroxylation sites is 1. The molecule has 3 rings (SSSR count). The van der Waals surface area contributed by atoms with Gasteiger partial charge in [-0.1, -0.05) is 18.2 Å². The minimum Gasteiger partial charge on any atom is -0.399 e. The number of nitrogens with two attached hydrogens (primary N) is 1. The van der Waals surface area contributed by atoms with E-state index >= 15 is 0 Å². The van der Waals surface area contributed by atoms with E-state index in [4.69, 9.17) is 5.73 Å². The van der Waals surface area contributed by atoms with Crippen molar-refractivity contribution < 1.29 is 4.39 Å². The normalized spacial score (nSPS) is 10.7. The lowest BCUT2D eigenvalue weighted by Gasteiger charge is -2.02. The summed E-state index contributed by atoms with van der Waals surface area (Å²) in [4.78, 5) is 0.819. The van der Waals surface area contributed by atoms with Gasteiger partial charge in [-0.3, -0.25) is 0 Å². The molecule has 0 fully saturated rings. The molecule has 0 saturated carbocycles. The summed E-state index contributed by atoms with van der Waals surface area (Å²) < 4.78 is 15.1. The number of nitrogen functional groups attached to an aromatic ring is 1. The number of hydrogen-bond acceptors (Lipinski definition) is 3. The van der Waals surface area contributed by atoms with Crippen molar-refractivity contribution in [3.63, 3.8) is 0 Å². The molecule has 5 heteroatoms. The Morgan fingerprint density at radius 2 is 1.95 bits per heavy atom. The van der Waals surface area contributed by atoms with Gasteiger partial charge in [0.15, 0.2) is 0 Å². The van der Waals surface area contributed by atoms with E-state index in [1.54, 1.807) is 6.07 Å². The molecular formula is C16H14FN3S. The highest BCUT2D eigenvalue weighted by Crippen LogP contribution is 2.25. The average molecular weight is 299 g/mol. The van der Waals surface area contributed by atoms with Crippen LogP contribution in [0, 0.1) is 5.82 Å². The van der Waals surface area contributed by atoms with E-state index in [-0.39, 0.29) is 5.82 Å². The number of thioether (sulfide) groups is 1. The Labute approximate surface area is 126 Å². The zero-order chi connectivity index (χ0) is 14.7. The number of rotatable bonds is 4. The molecule has 0 radical (unpaired) electrons. The lowest BCUT2D eigenvalue weighted by molar-refractivity contribution is 0.625. The first kappa shape index (κ1) is 13.7. The van der Waals surface area contributed by atoms with Gasteiger partial charge in [-0.2, -0.15) is 5.10 Å². The topological polar surface area (TPSA) is 43.8 Å². The molecule has 0 saturated heterocycles. The fourth-order valence-corrected chi connectivity index (χ4v) is 2.89. The van der Waals surface area contributed by atoms with Gasteiger partial charge in [0.05, 0.1) is 11.9 Å². The van der Waals surface area contributed by atoms with Crippen LogP contribution in [0.5, 0.6) is 0 Å². The van der Waals surface area contributed by atoms with Gasteiger partial charge in [0.1, 0.15) is 5.82 Å². The summed E-state index contributed by atoms with van der Waals surface area (Å²) in [7, 11) is 0. The Morgan fingerprint density at radius 3 is 2.71 bits per heavy atom. The highest BCUT2D eigenvalue weighted by atomic mass is 32.2. The zero-order valence-corrected chi connectivity index (χ0v) is 12.1. The number of benzene rings is 2. The first-order chi connectivity index (χ1) is 10.2. The Hall–Kier alpha value is -2.27. The van der Waals surface area contributed by atoms with E-state index in [9.17, 15) is 4.39 Å². The summed E-state index contributed by atoms with van der Waals surface area (Å²) in [5, 5.41) is 4.34. The van der Waals surface area contributed by atoms with Gasteiger partial charge in [-0.15, -0.1) is 11.8 Å². The number of nitrogens with zero attached hydrogens (tertiary/aromatic N) is 2. The fourth-order valence-electron chi connectivity index (χ4n) is 1.99. The van der Waals surface area contributed by atoms with Gasteiger partial charge >= 0.3 is 0 Å². The maximum atomic E-state index is 13.3. The molecule has 0 bridgehead atoms. The highest BCUT2D eigenvalue weighted by molar-refractivity contribution is 7.98. The van der Waals surface area contributed by atoms with Crippen LogP contribution in [-0.2, 0) is 5.75 Å². The monoisotopic (exact) mass is 299 g/mol. The van der Waals surface area contributed by atoms with E-state index in [0.717, 1.165) is 21.9 Å². The second-order valence-corrected chi connectivity index (χ2v) is 5.69. The lowest BCUT2D eigenvalue weighted by atomic mass is 10.3. The number of halogens is 1. The molecule has 1 heterocycles. The van der Waals surface area contributed by atoms with Crippen molar-refractivity contribution in [3.05, 3.63) is 72.3 Å². The lowest BCUT2D eigenvalue weighted by Crippen LogP contribution is -1.92. The second-order valence-electron chi connectivity index (χ2n) is 4.64. The van der Waals surface area contributed by atoms with Crippen LogP contribution in [0.25, 0.3) is 5.69 Å². The van der Waals surface area contributed by atoms with Crippen molar-refractivity contribution in [1.29, 1.82) is 0 Å². The van der Waals surface area contributed by atoms with E-state index in [2.05, 4.69) is 5.10 Å². The maximum absolute atomic E-state index is 13.3. The maximum Gasteiger partial charge on any atom is 0.126 e. The van der Waals surface area contributed by atoms with Gasteiger partial charge in [0.25, 0.3) is 0 Å². The van der Waals surface area contributed by atoms with Crippen LogP contribution < -0.4 is 5.73 Å². The van der Waals surface area contributed by atoms with E-state index < -0.39 is 0 Å². The molecule has 2 N–H and O–H groups in total. The first-order valence-corrected chi connectivity index (χ1v) is 7.47. The predicted octanol–water partition coefficient (Wildman–Crippen LogP) is 3.89. The Morgan fingerprint density at radius 1 is 1.14 bits per heavy atom. The molecular weight excluding hydrogens is 285 g/mol. The summed E-state index contributed by atoms with van der Waals surface area (Å²) in [5.41, 5.74) is 8.17. The van der Waals surface area contributed by atoms with Gasteiger partial charge in [0.2, 0.25) is 0 Å². The second kappa shape index (κ2) is 6.01. The quantitative estimate of drug-likeness (QED) is 0.587. The predicted molar refractivity (Wildman–Crippen MR) is 83.9 cm³/mol. The molecule has 0 atom stereocenters. The minimum atomic E-state index is -0.308. The summed E-state index contributed by atoms with van der Waals surface area (Å²) in [6.45, 7) is 0. The third-order valence-corrected chi connectivity index (χ3v) is 4.00. The third-order valence-electron chi connectivity index (χ3n) is 2.96. The number of aromatic nitrogens is 2. The number of hydrogen-bond donors (Lipinski definition) is 1. The van der Waals surface area contributed by atoms with E-state index in [1.165, 1.54) is 23.9 Å². The van der Waals surface area contributed by atoms with E-state index in [0.29, 0.717) is 5.69 Å². The largest absolute Gasteiger partial charge is 0.399 e. The van der Waals surface area contributed by atoms with Crippen molar-refractivity contribution in [1.82, 2.24) is 9.78 Å². The van der Waals surface area contributed by atoms with Crippen LogP contribution in [0.3, 0.4) is 0 Å². The standard InChI is InChI=1S/C16H14FN3S/c17-13-6-14(18)8-16(7-13)21-11-12-9-19-20(10-12)15-4-2-1-3-5-15/h1-10H,11,18H2. The smallest absolute Gasteiger partial charge is 0.126 e. The molecule has 0 aliphatic rings. The van der Waals surface area contributed by atoms with Crippen LogP contribution in [0.2, 0.25) is 0 Å². The summed E-state index contributed by atoms with van der Waals surface area (Å²) in [6, 6.07) is 14.5. The Kier molecular flexibility index (Phi) is 3.92. The highest BCUT2D eigenvalue weighted by Gasteiger charge is 2.03. The molecule has 21 heavy (non-hydrogen) atoms. The number of anilines is 1. The summed E-state index contributed by atoms with van der Waals surface area (Å²) >= 11 is 1.54. The van der Waals surface area contributed by atoms with Crippen LogP contribution >= 0.6 is 11.8 Å². The van der Waals surface area contributed by atoms with E-state index in [1.807, 2.05) is 47.4 Å². The zero-order valence-electron chi connectivity index (χ0n) is 11.2. The van der Waals surface area contributed by atoms with Gasteiger partial charge in [0, 0.05) is 28.1 Å². The van der Waals surface area contributed by atoms with Crippen molar-refractivity contribution in [2.24, 2.45) is 0 Å². The molecule has 0 spiro atoms. The average Bonchev–Trinajstić information content (AvgIpc) is 2.94. The molecule has 3 nitrogen and oxygen atoms in total. The summed E-state index contributed by atoms with van der Waals surface area (Å²) in [5.74, 6) is 0.410. The first-order valence-electron chi connectivity index (χ1n) is 6.48. The molecule has 0 aliphatic heterocycles. The van der Waals surface area contributed by atoms with Gasteiger partial charge < -0.3 is 5.73 Å². The van der Waals surface area contributed by atoms with Crippen LogP contribution in [-0.4, -0.2) is 9.78 Å². The molecule has 0 unspecified atom stereocenters. The third kappa shape index (κ3) is 3.44. The minimum absolute atomic E-state index is 0.308. The van der Waals surface area contributed by atoms with Crippen LogP contribution in [0.4, 0.5) is 10.1 Å².